The Morgan fingerprint density at radius 1 is 1.25 bits per heavy atom. The molecule has 0 spiro atoms. The van der Waals surface area contributed by atoms with Crippen molar-refractivity contribution in [1.29, 1.82) is 0 Å². The summed E-state index contributed by atoms with van der Waals surface area (Å²) in [4.78, 5) is 11.2. The van der Waals surface area contributed by atoms with Crippen molar-refractivity contribution in [3.05, 3.63) is 65.4 Å². The highest BCUT2D eigenvalue weighted by Crippen LogP contribution is 2.25. The zero-order valence-electron chi connectivity index (χ0n) is 12.9. The summed E-state index contributed by atoms with van der Waals surface area (Å²) in [6.45, 7) is 1.48. The maximum absolute atomic E-state index is 11.2. The second-order valence-electron chi connectivity index (χ2n) is 5.13. The summed E-state index contributed by atoms with van der Waals surface area (Å²) < 4.78 is 1.89. The SMILES string of the molecule is CC(=O)Nc1cccc(-n2cnnc2SCc2ccc(Cl)cc2)c1. The molecular weight excluding hydrogens is 344 g/mol. The molecule has 2 aromatic carbocycles. The highest BCUT2D eigenvalue weighted by Gasteiger charge is 2.08. The van der Waals surface area contributed by atoms with Crippen LogP contribution < -0.4 is 5.32 Å². The highest BCUT2D eigenvalue weighted by atomic mass is 35.5. The first-order chi connectivity index (χ1) is 11.6. The lowest BCUT2D eigenvalue weighted by Gasteiger charge is -2.09. The van der Waals surface area contributed by atoms with Gasteiger partial charge in [-0.2, -0.15) is 0 Å². The molecule has 0 aliphatic rings. The number of nitrogens with one attached hydrogen (secondary N) is 1. The Kier molecular flexibility index (Phi) is 5.17. The Labute approximate surface area is 149 Å². The predicted octanol–water partition coefficient (Wildman–Crippen LogP) is 4.17. The van der Waals surface area contributed by atoms with E-state index in [9.17, 15) is 4.79 Å². The molecule has 0 unspecified atom stereocenters. The Morgan fingerprint density at radius 2 is 2.04 bits per heavy atom. The molecule has 1 amide bonds. The topological polar surface area (TPSA) is 59.8 Å². The van der Waals surface area contributed by atoms with Crippen LogP contribution >= 0.6 is 23.4 Å². The van der Waals surface area contributed by atoms with Gasteiger partial charge >= 0.3 is 0 Å². The smallest absolute Gasteiger partial charge is 0.221 e. The van der Waals surface area contributed by atoms with Gasteiger partial charge in [-0.15, -0.1) is 10.2 Å². The van der Waals surface area contributed by atoms with Gasteiger partial charge in [-0.25, -0.2) is 0 Å². The van der Waals surface area contributed by atoms with Crippen molar-refractivity contribution >= 4 is 35.0 Å². The fraction of sp³-hybridized carbons (Fsp3) is 0.118. The number of carbonyl (C=O) groups is 1. The Hall–Kier alpha value is -2.31. The zero-order valence-corrected chi connectivity index (χ0v) is 14.5. The minimum absolute atomic E-state index is 0.103. The van der Waals surface area contributed by atoms with Crippen molar-refractivity contribution in [2.24, 2.45) is 0 Å². The van der Waals surface area contributed by atoms with E-state index in [0.717, 1.165) is 32.9 Å². The van der Waals surface area contributed by atoms with Gasteiger partial charge in [-0.05, 0) is 35.9 Å². The number of anilines is 1. The summed E-state index contributed by atoms with van der Waals surface area (Å²) in [6.07, 6.45) is 1.66. The monoisotopic (exact) mass is 358 g/mol. The van der Waals surface area contributed by atoms with Gasteiger partial charge in [-0.1, -0.05) is 41.6 Å². The molecule has 24 heavy (non-hydrogen) atoms. The molecule has 0 aliphatic heterocycles. The van der Waals surface area contributed by atoms with Crippen molar-refractivity contribution in [3.8, 4) is 5.69 Å². The van der Waals surface area contributed by atoms with E-state index < -0.39 is 0 Å². The number of hydrogen-bond donors (Lipinski definition) is 1. The summed E-state index contributed by atoms with van der Waals surface area (Å²) >= 11 is 7.49. The van der Waals surface area contributed by atoms with E-state index in [0.29, 0.717) is 0 Å². The molecule has 0 aliphatic carbocycles. The predicted molar refractivity (Wildman–Crippen MR) is 96.7 cm³/mol. The van der Waals surface area contributed by atoms with Gasteiger partial charge < -0.3 is 5.32 Å². The van der Waals surface area contributed by atoms with E-state index in [2.05, 4.69) is 15.5 Å². The molecule has 0 saturated heterocycles. The minimum Gasteiger partial charge on any atom is -0.326 e. The molecule has 0 radical (unpaired) electrons. The second-order valence-corrected chi connectivity index (χ2v) is 6.51. The lowest BCUT2D eigenvalue weighted by molar-refractivity contribution is -0.114. The number of thioether (sulfide) groups is 1. The van der Waals surface area contributed by atoms with Crippen LogP contribution in [0.15, 0.2) is 60.0 Å². The second kappa shape index (κ2) is 7.51. The maximum Gasteiger partial charge on any atom is 0.221 e. The molecule has 1 aromatic heterocycles. The summed E-state index contributed by atoms with van der Waals surface area (Å²) in [5.74, 6) is 0.662. The third-order valence-corrected chi connectivity index (χ3v) is 4.51. The molecule has 122 valence electrons. The third-order valence-electron chi connectivity index (χ3n) is 3.24. The van der Waals surface area contributed by atoms with Crippen molar-refractivity contribution in [1.82, 2.24) is 14.8 Å². The number of aromatic nitrogens is 3. The first kappa shape index (κ1) is 16.5. The molecule has 0 bridgehead atoms. The molecule has 0 saturated carbocycles. The first-order valence-corrected chi connectivity index (χ1v) is 8.63. The van der Waals surface area contributed by atoms with Gasteiger partial charge in [0, 0.05) is 23.4 Å². The van der Waals surface area contributed by atoms with Gasteiger partial charge in [-0.3, -0.25) is 9.36 Å². The van der Waals surface area contributed by atoms with Crippen LogP contribution in [0.5, 0.6) is 0 Å². The summed E-state index contributed by atoms with van der Waals surface area (Å²) in [6, 6.07) is 15.3. The summed E-state index contributed by atoms with van der Waals surface area (Å²) in [7, 11) is 0. The van der Waals surface area contributed by atoms with Gasteiger partial charge in [0.2, 0.25) is 5.91 Å². The molecule has 0 fully saturated rings. The quantitative estimate of drug-likeness (QED) is 0.695. The number of carbonyl (C=O) groups excluding carboxylic acids is 1. The molecule has 1 heterocycles. The van der Waals surface area contributed by atoms with Crippen LogP contribution in [0.4, 0.5) is 5.69 Å². The van der Waals surface area contributed by atoms with Crippen LogP contribution in [0, 0.1) is 0 Å². The average molecular weight is 359 g/mol. The van der Waals surface area contributed by atoms with Gasteiger partial charge in [0.25, 0.3) is 0 Å². The number of nitrogens with zero attached hydrogens (tertiary/aromatic N) is 3. The number of rotatable bonds is 5. The van der Waals surface area contributed by atoms with Crippen molar-refractivity contribution in [2.75, 3.05) is 5.32 Å². The first-order valence-electron chi connectivity index (χ1n) is 7.27. The molecule has 0 atom stereocenters. The van der Waals surface area contributed by atoms with E-state index in [1.54, 1.807) is 18.1 Å². The Morgan fingerprint density at radius 3 is 2.79 bits per heavy atom. The molecule has 7 heteroatoms. The standard InChI is InChI=1S/C17H15ClN4OS/c1-12(23)20-15-3-2-4-16(9-15)22-11-19-21-17(22)24-10-13-5-7-14(18)8-6-13/h2-9,11H,10H2,1H3,(H,20,23). The van der Waals surface area contributed by atoms with Crippen LogP contribution in [0.25, 0.3) is 5.69 Å². The molecule has 5 nitrogen and oxygen atoms in total. The number of amides is 1. The minimum atomic E-state index is -0.103. The average Bonchev–Trinajstić information content (AvgIpc) is 3.02. The molecular formula is C17H15ClN4OS. The van der Waals surface area contributed by atoms with E-state index >= 15 is 0 Å². The van der Waals surface area contributed by atoms with Gasteiger partial charge in [0.1, 0.15) is 6.33 Å². The fourth-order valence-corrected chi connectivity index (χ4v) is 3.18. The lowest BCUT2D eigenvalue weighted by atomic mass is 10.2. The van der Waals surface area contributed by atoms with E-state index in [-0.39, 0.29) is 5.91 Å². The number of halogens is 1. The molecule has 3 rings (SSSR count). The zero-order chi connectivity index (χ0) is 16.9. The fourth-order valence-electron chi connectivity index (χ4n) is 2.17. The Balaban J connectivity index is 1.77. The molecule has 3 aromatic rings. The van der Waals surface area contributed by atoms with Crippen LogP contribution in [0.3, 0.4) is 0 Å². The maximum atomic E-state index is 11.2. The summed E-state index contributed by atoms with van der Waals surface area (Å²) in [5.41, 5.74) is 2.79. The largest absolute Gasteiger partial charge is 0.326 e. The van der Waals surface area contributed by atoms with Gasteiger partial charge in [0.15, 0.2) is 5.16 Å². The normalized spacial score (nSPS) is 10.6. The van der Waals surface area contributed by atoms with Crippen molar-refractivity contribution in [3.63, 3.8) is 0 Å². The van der Waals surface area contributed by atoms with Gasteiger partial charge in [0.05, 0.1) is 5.69 Å². The lowest BCUT2D eigenvalue weighted by Crippen LogP contribution is -2.06. The molecule has 1 N–H and O–H groups in total. The number of hydrogen-bond acceptors (Lipinski definition) is 4. The third kappa shape index (κ3) is 4.15. The van der Waals surface area contributed by atoms with Crippen molar-refractivity contribution in [2.45, 2.75) is 17.8 Å². The highest BCUT2D eigenvalue weighted by molar-refractivity contribution is 7.98. The van der Waals surface area contributed by atoms with Crippen molar-refractivity contribution < 1.29 is 4.79 Å². The van der Waals surface area contributed by atoms with E-state index in [1.165, 1.54) is 6.92 Å². The van der Waals surface area contributed by atoms with Crippen LogP contribution in [-0.4, -0.2) is 20.7 Å². The summed E-state index contributed by atoms with van der Waals surface area (Å²) in [5, 5.41) is 12.5. The van der Waals surface area contributed by atoms with Crippen LogP contribution in [0.1, 0.15) is 12.5 Å². The van der Waals surface area contributed by atoms with Crippen LogP contribution in [-0.2, 0) is 10.5 Å². The number of benzene rings is 2. The van der Waals surface area contributed by atoms with E-state index in [4.69, 9.17) is 11.6 Å². The van der Waals surface area contributed by atoms with E-state index in [1.807, 2.05) is 53.1 Å². The van der Waals surface area contributed by atoms with Crippen LogP contribution in [0.2, 0.25) is 5.02 Å². The Bertz CT molecular complexity index is 848.